The minimum absolute atomic E-state index is 0.0416. The van der Waals surface area contributed by atoms with Crippen LogP contribution < -0.4 is 5.32 Å². The topological polar surface area (TPSA) is 41.8 Å². The van der Waals surface area contributed by atoms with E-state index in [2.05, 4.69) is 169 Å². The number of benzene rings is 6. The minimum atomic E-state index is -0.0756. The number of nitrogens with zero attached hydrogens (tertiary/aromatic N) is 3. The first kappa shape index (κ1) is 28.3. The third-order valence-corrected chi connectivity index (χ3v) is 10.2. The Bertz CT molecular complexity index is 2280. The Hall–Kier alpha value is -5.89. The number of fused-ring (bicyclic) bond motifs is 4. The molecule has 2 heterocycles. The number of hydrazine groups is 1. The Kier molecular flexibility index (Phi) is 6.40. The van der Waals surface area contributed by atoms with Crippen LogP contribution in [0, 0.1) is 11.3 Å². The van der Waals surface area contributed by atoms with Crippen LogP contribution in [0.5, 0.6) is 0 Å². The lowest BCUT2D eigenvalue weighted by Gasteiger charge is -2.23. The molecule has 0 amide bonds. The average Bonchev–Trinajstić information content (AvgIpc) is 3.66. The number of nitriles is 1. The Morgan fingerprint density at radius 3 is 2.15 bits per heavy atom. The summed E-state index contributed by atoms with van der Waals surface area (Å²) in [6.07, 6.45) is 2.41. The highest BCUT2D eigenvalue weighted by atomic mass is 15.9. The summed E-state index contributed by atoms with van der Waals surface area (Å²) < 4.78 is 0. The van der Waals surface area contributed by atoms with E-state index >= 15 is 0 Å². The van der Waals surface area contributed by atoms with Gasteiger partial charge in [0, 0.05) is 22.4 Å². The number of hydrogen-bond acceptors (Lipinski definition) is 4. The molecule has 9 rings (SSSR count). The van der Waals surface area contributed by atoms with E-state index in [0.717, 1.165) is 16.9 Å². The zero-order chi connectivity index (χ0) is 32.4. The van der Waals surface area contributed by atoms with E-state index in [1.54, 1.807) is 0 Å². The first-order valence-electron chi connectivity index (χ1n) is 16.6. The van der Waals surface area contributed by atoms with Gasteiger partial charge in [-0.1, -0.05) is 129 Å². The average molecular weight is 619 g/mol. The second-order valence-corrected chi connectivity index (χ2v) is 13.4. The molecule has 0 bridgehead atoms. The highest BCUT2D eigenvalue weighted by Crippen LogP contribution is 2.59. The third-order valence-electron chi connectivity index (χ3n) is 10.2. The molecule has 0 saturated carbocycles. The van der Waals surface area contributed by atoms with Crippen molar-refractivity contribution in [1.29, 1.82) is 5.26 Å². The summed E-state index contributed by atoms with van der Waals surface area (Å²) in [6, 6.07) is 54.0. The van der Waals surface area contributed by atoms with Gasteiger partial charge in [0.05, 0.1) is 23.4 Å². The van der Waals surface area contributed by atoms with E-state index in [0.29, 0.717) is 5.56 Å². The van der Waals surface area contributed by atoms with Gasteiger partial charge in [-0.2, -0.15) is 10.3 Å². The Morgan fingerprint density at radius 2 is 1.35 bits per heavy atom. The molecule has 1 aliphatic carbocycles. The summed E-state index contributed by atoms with van der Waals surface area (Å²) in [4.78, 5) is 0. The molecule has 1 fully saturated rings. The molecule has 1 N–H and O–H groups in total. The Balaban J connectivity index is 1.11. The molecule has 6 aromatic carbocycles. The maximum Gasteiger partial charge on any atom is 0.142 e. The summed E-state index contributed by atoms with van der Waals surface area (Å²) in [5, 5.41) is 18.3. The summed E-state index contributed by atoms with van der Waals surface area (Å²) in [5.41, 5.74) is 15.3. The first-order chi connectivity index (χ1) is 23.5. The molecule has 2 aliphatic heterocycles. The molecule has 1 saturated heterocycles. The van der Waals surface area contributed by atoms with Crippen LogP contribution in [0.3, 0.4) is 0 Å². The van der Waals surface area contributed by atoms with Crippen LogP contribution in [0.2, 0.25) is 0 Å². The van der Waals surface area contributed by atoms with Crippen molar-refractivity contribution in [3.8, 4) is 28.3 Å². The van der Waals surface area contributed by atoms with Crippen molar-refractivity contribution in [3.63, 3.8) is 0 Å². The molecule has 4 heteroatoms. The standard InChI is InChI=1S/C44H34N4/c1-44(2)36-22-10-9-21-35(36)42-37(44)23-24-38(41(42)31-16-7-4-8-17-31)46-34-20-12-19-33(26-34)43-47-39(30-14-5-3-6-15-30)27-40(48(43)47)32-18-11-13-29(25-32)28-45/h3-27,40,43,46H,1-2H3. The maximum atomic E-state index is 9.61. The number of anilines is 2. The minimum Gasteiger partial charge on any atom is -0.355 e. The molecule has 3 aliphatic rings. The van der Waals surface area contributed by atoms with Gasteiger partial charge < -0.3 is 5.32 Å². The van der Waals surface area contributed by atoms with Gasteiger partial charge in [0.1, 0.15) is 6.17 Å². The zero-order valence-corrected chi connectivity index (χ0v) is 26.9. The van der Waals surface area contributed by atoms with Crippen LogP contribution >= 0.6 is 0 Å². The van der Waals surface area contributed by atoms with Crippen LogP contribution in [-0.2, 0) is 5.41 Å². The van der Waals surface area contributed by atoms with Gasteiger partial charge in [0.15, 0.2) is 0 Å². The third kappa shape index (κ3) is 4.40. The molecule has 48 heavy (non-hydrogen) atoms. The number of hydrogen-bond donors (Lipinski definition) is 1. The SMILES string of the molecule is CC1(C)c2ccccc2-c2c1ccc(Nc1cccc(C3N4C(c5ccccc5)=CC(c5cccc(C#N)c5)N34)c1)c2-c1ccccc1. The van der Waals surface area contributed by atoms with E-state index in [1.165, 1.54) is 50.2 Å². The normalized spacial score (nSPS) is 19.5. The van der Waals surface area contributed by atoms with Gasteiger partial charge in [-0.3, -0.25) is 5.01 Å². The highest BCUT2D eigenvalue weighted by Gasteiger charge is 2.56. The molecule has 3 unspecified atom stereocenters. The smallest absolute Gasteiger partial charge is 0.142 e. The van der Waals surface area contributed by atoms with Crippen LogP contribution in [0.25, 0.3) is 28.0 Å². The maximum absolute atomic E-state index is 9.61. The van der Waals surface area contributed by atoms with Gasteiger partial charge in [-0.05, 0) is 80.9 Å². The van der Waals surface area contributed by atoms with Gasteiger partial charge in [0.25, 0.3) is 0 Å². The molecular weight excluding hydrogens is 585 g/mol. The van der Waals surface area contributed by atoms with Crippen molar-refractivity contribution >= 4 is 17.1 Å². The zero-order valence-electron chi connectivity index (χ0n) is 26.9. The lowest BCUT2D eigenvalue weighted by molar-refractivity contribution is 0.365. The lowest BCUT2D eigenvalue weighted by Crippen LogP contribution is -2.15. The van der Waals surface area contributed by atoms with Gasteiger partial charge in [-0.25, -0.2) is 0 Å². The quantitative estimate of drug-likeness (QED) is 0.189. The van der Waals surface area contributed by atoms with Crippen molar-refractivity contribution in [2.75, 3.05) is 5.32 Å². The van der Waals surface area contributed by atoms with Crippen LogP contribution in [-0.4, -0.2) is 10.0 Å². The highest BCUT2D eigenvalue weighted by molar-refractivity contribution is 5.99. The molecule has 3 atom stereocenters. The van der Waals surface area contributed by atoms with Crippen LogP contribution in [0.4, 0.5) is 11.4 Å². The fourth-order valence-corrected chi connectivity index (χ4v) is 7.94. The first-order valence-corrected chi connectivity index (χ1v) is 16.6. The van der Waals surface area contributed by atoms with E-state index in [1.807, 2.05) is 18.2 Å². The molecule has 6 aromatic rings. The Morgan fingerprint density at radius 1 is 0.646 bits per heavy atom. The molecule has 4 nitrogen and oxygen atoms in total. The number of nitrogens with one attached hydrogen (secondary N) is 1. The van der Waals surface area contributed by atoms with Gasteiger partial charge >= 0.3 is 0 Å². The predicted molar refractivity (Wildman–Crippen MR) is 194 cm³/mol. The van der Waals surface area contributed by atoms with Crippen LogP contribution in [0.15, 0.2) is 152 Å². The fraction of sp³-hybridized carbons (Fsp3) is 0.114. The molecule has 0 aromatic heterocycles. The van der Waals surface area contributed by atoms with E-state index < -0.39 is 0 Å². The predicted octanol–water partition coefficient (Wildman–Crippen LogP) is 10.6. The van der Waals surface area contributed by atoms with Gasteiger partial charge in [-0.15, -0.1) is 0 Å². The second kappa shape index (κ2) is 10.8. The van der Waals surface area contributed by atoms with E-state index in [4.69, 9.17) is 0 Å². The largest absolute Gasteiger partial charge is 0.355 e. The van der Waals surface area contributed by atoms with Crippen molar-refractivity contribution < 1.29 is 0 Å². The summed E-state index contributed by atoms with van der Waals surface area (Å²) in [5.74, 6) is 0. The van der Waals surface area contributed by atoms with E-state index in [-0.39, 0.29) is 17.6 Å². The molecule has 0 spiro atoms. The molecule has 230 valence electrons. The molecular formula is C44H34N4. The number of rotatable bonds is 6. The van der Waals surface area contributed by atoms with Crippen molar-refractivity contribution in [2.24, 2.45) is 0 Å². The van der Waals surface area contributed by atoms with Gasteiger partial charge in [0.2, 0.25) is 0 Å². The van der Waals surface area contributed by atoms with E-state index in [9.17, 15) is 5.26 Å². The van der Waals surface area contributed by atoms with Crippen molar-refractivity contribution in [1.82, 2.24) is 10.0 Å². The monoisotopic (exact) mass is 618 g/mol. The fourth-order valence-electron chi connectivity index (χ4n) is 7.94. The summed E-state index contributed by atoms with van der Waals surface area (Å²) in [6.45, 7) is 4.67. The summed E-state index contributed by atoms with van der Waals surface area (Å²) in [7, 11) is 0. The molecule has 0 radical (unpaired) electrons. The van der Waals surface area contributed by atoms with Crippen molar-refractivity contribution in [3.05, 3.63) is 185 Å². The van der Waals surface area contributed by atoms with Crippen LogP contribution in [0.1, 0.15) is 59.4 Å². The second-order valence-electron chi connectivity index (χ2n) is 13.4. The Labute approximate surface area is 281 Å². The summed E-state index contributed by atoms with van der Waals surface area (Å²) >= 11 is 0. The lowest BCUT2D eigenvalue weighted by atomic mass is 9.81. The van der Waals surface area contributed by atoms with Crippen molar-refractivity contribution in [2.45, 2.75) is 31.5 Å².